The number of benzene rings is 2. The largest absolute Gasteiger partial charge is 0.371 e. The molecule has 3 fully saturated rings. The monoisotopic (exact) mass is 851 g/mol. The lowest BCUT2D eigenvalue weighted by Crippen LogP contribution is -2.74. The Kier molecular flexibility index (Phi) is 11.9. The lowest BCUT2D eigenvalue weighted by molar-refractivity contribution is -0.125. The maximum atomic E-state index is 13.4. The number of carbonyl (C=O) groups is 4. The maximum Gasteiger partial charge on any atom is 0.256 e. The first-order valence-electron chi connectivity index (χ1n) is 22.4. The second-order valence-corrected chi connectivity index (χ2v) is 17.9. The fourth-order valence-corrected chi connectivity index (χ4v) is 10.3. The zero-order valence-electron chi connectivity index (χ0n) is 36.2. The predicted octanol–water partition coefficient (Wildman–Crippen LogP) is 5.90. The van der Waals surface area contributed by atoms with Gasteiger partial charge in [0.1, 0.15) is 17.2 Å². The number of carbonyl (C=O) groups excluding carboxylic acids is 4. The van der Waals surface area contributed by atoms with Crippen LogP contribution >= 0.6 is 0 Å². The summed E-state index contributed by atoms with van der Waals surface area (Å²) in [4.78, 5) is 72.5. The van der Waals surface area contributed by atoms with Gasteiger partial charge in [0.2, 0.25) is 18.3 Å². The van der Waals surface area contributed by atoms with Crippen LogP contribution < -0.4 is 31.1 Å². The lowest BCUT2D eigenvalue weighted by Gasteiger charge is -2.63. The minimum atomic E-state index is -0.325. The molecule has 6 heterocycles. The number of piperidine rings is 1. The normalized spacial score (nSPS) is 19.4. The number of hydrogen-bond acceptors (Lipinski definition) is 12. The minimum Gasteiger partial charge on any atom is -0.371 e. The zero-order chi connectivity index (χ0) is 43.7. The van der Waals surface area contributed by atoms with Crippen molar-refractivity contribution in [3.05, 3.63) is 101 Å². The van der Waals surface area contributed by atoms with E-state index >= 15 is 0 Å². The molecule has 4 aliphatic heterocycles. The van der Waals surface area contributed by atoms with Crippen molar-refractivity contribution in [1.82, 2.24) is 35.4 Å². The average Bonchev–Trinajstić information content (AvgIpc) is 3.84. The Morgan fingerprint density at radius 2 is 1.76 bits per heavy atom. The molecule has 63 heavy (non-hydrogen) atoms. The molecule has 3 saturated heterocycles. The number of hydrogen-bond donors (Lipinski definition) is 4. The SMILES string of the molecule is C=CCNC(=O)c1cnc(Nc2ccc(N3CCC(N4CC5(CN(c6cccc7c6CN(C(C)CCC(=O)NC=O)C7=O)C5)C4)CC3)cc2)nc1Nc1ccc2c(n1)C(CC)CC2. The van der Waals surface area contributed by atoms with Crippen molar-refractivity contribution >= 4 is 58.8 Å². The van der Waals surface area contributed by atoms with Gasteiger partial charge in [0, 0.05) is 122 Å². The fraction of sp³-hybridized carbons (Fsp3) is 0.438. The van der Waals surface area contributed by atoms with Crippen LogP contribution in [0.3, 0.4) is 0 Å². The van der Waals surface area contributed by atoms with Gasteiger partial charge in [0.05, 0.1) is 0 Å². The van der Waals surface area contributed by atoms with E-state index < -0.39 is 0 Å². The molecule has 2 aromatic heterocycles. The van der Waals surface area contributed by atoms with Crippen LogP contribution in [0.15, 0.2) is 73.4 Å². The van der Waals surface area contributed by atoms with Crippen LogP contribution in [0.25, 0.3) is 0 Å². The Morgan fingerprint density at radius 1 is 0.968 bits per heavy atom. The first kappa shape index (κ1) is 42.0. The summed E-state index contributed by atoms with van der Waals surface area (Å²) in [5.41, 5.74) is 8.06. The first-order valence-corrected chi connectivity index (χ1v) is 22.4. The summed E-state index contributed by atoms with van der Waals surface area (Å²) in [6.07, 6.45) is 9.71. The number of amides is 4. The van der Waals surface area contributed by atoms with Gasteiger partial charge in [-0.2, -0.15) is 4.98 Å². The van der Waals surface area contributed by atoms with Crippen LogP contribution in [0.4, 0.5) is 34.6 Å². The number of rotatable bonds is 16. The second kappa shape index (κ2) is 17.8. The molecule has 0 bridgehead atoms. The van der Waals surface area contributed by atoms with Gasteiger partial charge in [-0.3, -0.25) is 29.4 Å². The zero-order valence-corrected chi connectivity index (χ0v) is 36.2. The van der Waals surface area contributed by atoms with Crippen molar-refractivity contribution in [2.75, 3.05) is 66.2 Å². The van der Waals surface area contributed by atoms with Crippen LogP contribution in [0.2, 0.25) is 0 Å². The minimum absolute atomic E-state index is 0.0129. The third kappa shape index (κ3) is 8.58. The lowest BCUT2D eigenvalue weighted by atomic mass is 9.71. The number of aryl methyl sites for hydroxylation is 1. The summed E-state index contributed by atoms with van der Waals surface area (Å²) in [5.74, 6) is 1.24. The Morgan fingerprint density at radius 3 is 2.51 bits per heavy atom. The molecular formula is C48H57N11O4. The number of nitrogens with one attached hydrogen (secondary N) is 4. The number of likely N-dealkylation sites (tertiary alicyclic amines) is 1. The van der Waals surface area contributed by atoms with Crippen LogP contribution in [0.5, 0.6) is 0 Å². The summed E-state index contributed by atoms with van der Waals surface area (Å²) in [6, 6.07) is 19.0. The van der Waals surface area contributed by atoms with E-state index in [-0.39, 0.29) is 30.2 Å². The highest BCUT2D eigenvalue weighted by molar-refractivity contribution is 6.01. The van der Waals surface area contributed by atoms with E-state index in [2.05, 4.69) is 78.7 Å². The molecule has 15 nitrogen and oxygen atoms in total. The molecule has 0 saturated carbocycles. The van der Waals surface area contributed by atoms with E-state index in [0.29, 0.717) is 66.4 Å². The van der Waals surface area contributed by atoms with Crippen LogP contribution in [-0.2, 0) is 22.6 Å². The molecule has 4 N–H and O–H groups in total. The molecular weight excluding hydrogens is 795 g/mol. The molecule has 2 aromatic carbocycles. The van der Waals surface area contributed by atoms with E-state index in [9.17, 15) is 19.2 Å². The summed E-state index contributed by atoms with van der Waals surface area (Å²) < 4.78 is 0. The third-order valence-corrected chi connectivity index (χ3v) is 13.8. The van der Waals surface area contributed by atoms with Crippen LogP contribution in [-0.4, -0.2) is 107 Å². The van der Waals surface area contributed by atoms with Gasteiger partial charge in [-0.15, -0.1) is 6.58 Å². The molecule has 4 aromatic rings. The molecule has 5 aliphatic rings. The van der Waals surface area contributed by atoms with E-state index in [1.807, 2.05) is 42.2 Å². The topological polar surface area (TPSA) is 168 Å². The Balaban J connectivity index is 0.762. The molecule has 1 aliphatic carbocycles. The van der Waals surface area contributed by atoms with Gasteiger partial charge < -0.3 is 30.7 Å². The Bertz CT molecular complexity index is 2380. The number of fused-ring (bicyclic) bond motifs is 2. The van der Waals surface area contributed by atoms with Gasteiger partial charge in [0.15, 0.2) is 0 Å². The summed E-state index contributed by atoms with van der Waals surface area (Å²) in [7, 11) is 0. The molecule has 328 valence electrons. The third-order valence-electron chi connectivity index (χ3n) is 13.8. The Hall–Kier alpha value is -6.35. The first-order chi connectivity index (χ1) is 30.6. The van der Waals surface area contributed by atoms with Gasteiger partial charge in [0.25, 0.3) is 11.8 Å². The molecule has 15 heteroatoms. The van der Waals surface area contributed by atoms with E-state index in [4.69, 9.17) is 9.97 Å². The number of nitrogens with zero attached hydrogens (tertiary/aromatic N) is 7. The quantitative estimate of drug-likeness (QED) is 0.0780. The van der Waals surface area contributed by atoms with Gasteiger partial charge in [-0.25, -0.2) is 9.97 Å². The summed E-state index contributed by atoms with van der Waals surface area (Å²) in [5, 5.41) is 11.7. The van der Waals surface area contributed by atoms with Crippen molar-refractivity contribution in [3.8, 4) is 0 Å². The molecule has 1 spiro atoms. The van der Waals surface area contributed by atoms with E-state index in [0.717, 1.165) is 99.6 Å². The number of imide groups is 1. The molecule has 2 atom stereocenters. The van der Waals surface area contributed by atoms with Crippen molar-refractivity contribution in [1.29, 1.82) is 0 Å². The standard InChI is InChI=1S/C48H57N11O4/c1-4-21-49-45(62)38-24-50-47(55-44(38)54-41-17-12-33-11-10-32(5-2)43(33)53-41)52-34-13-15-35(16-14-34)56-22-19-36(20-23-56)57-26-48(27-57)28-58(29-48)40-8-6-7-37-39(40)25-59(46(37)63)31(3)9-18-42(61)51-30-60/h4,6-8,12-17,24,30-32,36H,1,5,9-11,18-23,25-29H2,2-3H3,(H,49,62)(H,51,60,61)(H2,50,52,53,54,55). The van der Waals surface area contributed by atoms with Gasteiger partial charge in [-0.1, -0.05) is 25.1 Å². The fourth-order valence-electron chi connectivity index (χ4n) is 10.3. The number of pyridine rings is 1. The number of anilines is 6. The molecule has 0 radical (unpaired) electrons. The molecule has 4 amide bonds. The van der Waals surface area contributed by atoms with Crippen molar-refractivity contribution in [3.63, 3.8) is 0 Å². The summed E-state index contributed by atoms with van der Waals surface area (Å²) >= 11 is 0. The van der Waals surface area contributed by atoms with Crippen molar-refractivity contribution in [2.45, 2.75) is 83.3 Å². The van der Waals surface area contributed by atoms with Crippen LogP contribution in [0.1, 0.15) is 95.8 Å². The smallest absolute Gasteiger partial charge is 0.256 e. The second-order valence-electron chi connectivity index (χ2n) is 17.9. The van der Waals surface area contributed by atoms with Crippen LogP contribution in [0, 0.1) is 5.41 Å². The van der Waals surface area contributed by atoms with Gasteiger partial charge >= 0.3 is 0 Å². The highest BCUT2D eigenvalue weighted by Gasteiger charge is 2.54. The number of aromatic nitrogens is 3. The highest BCUT2D eigenvalue weighted by atomic mass is 16.2. The van der Waals surface area contributed by atoms with E-state index in [1.54, 1.807) is 6.08 Å². The van der Waals surface area contributed by atoms with Crippen molar-refractivity contribution in [2.24, 2.45) is 5.41 Å². The average molecular weight is 852 g/mol. The predicted molar refractivity (Wildman–Crippen MR) is 244 cm³/mol. The molecule has 2 unspecified atom stereocenters. The highest BCUT2D eigenvalue weighted by Crippen LogP contribution is 2.46. The molecule has 9 rings (SSSR count). The van der Waals surface area contributed by atoms with Crippen molar-refractivity contribution < 1.29 is 19.2 Å². The maximum absolute atomic E-state index is 13.4. The van der Waals surface area contributed by atoms with Gasteiger partial charge in [-0.05, 0) is 93.5 Å². The Labute approximate surface area is 368 Å². The summed E-state index contributed by atoms with van der Waals surface area (Å²) in [6.45, 7) is 15.0. The van der Waals surface area contributed by atoms with E-state index in [1.165, 1.54) is 17.4 Å².